The summed E-state index contributed by atoms with van der Waals surface area (Å²) in [5.41, 5.74) is -0.517. The van der Waals surface area contributed by atoms with Gasteiger partial charge in [0, 0.05) is 18.0 Å². The molecular formula is C16H25NO2S. The van der Waals surface area contributed by atoms with Gasteiger partial charge in [-0.25, -0.2) is 0 Å². The monoisotopic (exact) mass is 295 g/mol. The van der Waals surface area contributed by atoms with Crippen LogP contribution in [-0.4, -0.2) is 36.1 Å². The van der Waals surface area contributed by atoms with Crippen molar-refractivity contribution in [3.05, 3.63) is 22.4 Å². The molecule has 0 bridgehead atoms. The second kappa shape index (κ2) is 6.72. The maximum Gasteiger partial charge on any atom is 0.310 e. The van der Waals surface area contributed by atoms with Crippen LogP contribution in [0.2, 0.25) is 0 Å². The van der Waals surface area contributed by atoms with E-state index in [9.17, 15) is 9.90 Å². The highest BCUT2D eigenvalue weighted by Gasteiger charge is 2.41. The molecule has 1 fully saturated rings. The molecule has 0 radical (unpaired) electrons. The number of carbonyl (C=O) groups is 1. The Bertz CT molecular complexity index is 422. The van der Waals surface area contributed by atoms with Crippen molar-refractivity contribution >= 4 is 17.3 Å². The average Bonchev–Trinajstić information content (AvgIpc) is 2.92. The van der Waals surface area contributed by atoms with Crippen molar-refractivity contribution in [1.82, 2.24) is 4.90 Å². The van der Waals surface area contributed by atoms with Gasteiger partial charge in [0.2, 0.25) is 0 Å². The van der Waals surface area contributed by atoms with Crippen molar-refractivity contribution in [2.75, 3.05) is 20.1 Å². The molecule has 0 saturated heterocycles. The Labute approximate surface area is 125 Å². The Balaban J connectivity index is 1.89. The van der Waals surface area contributed by atoms with E-state index >= 15 is 0 Å². The Kier molecular flexibility index (Phi) is 5.22. The second-order valence-electron chi connectivity index (χ2n) is 6.34. The maximum absolute atomic E-state index is 11.7. The van der Waals surface area contributed by atoms with Crippen LogP contribution in [0.4, 0.5) is 0 Å². The zero-order valence-electron chi connectivity index (χ0n) is 12.5. The number of rotatable bonds is 6. The number of likely N-dealkylation sites (N-methyl/N-ethyl adjacent to an activating group) is 1. The third kappa shape index (κ3) is 3.83. The molecule has 112 valence electrons. The van der Waals surface area contributed by atoms with Crippen molar-refractivity contribution in [2.24, 2.45) is 11.3 Å². The minimum Gasteiger partial charge on any atom is -0.481 e. The lowest BCUT2D eigenvalue weighted by Gasteiger charge is -2.38. The summed E-state index contributed by atoms with van der Waals surface area (Å²) in [5.74, 6) is 0.0753. The van der Waals surface area contributed by atoms with Crippen molar-refractivity contribution < 1.29 is 9.90 Å². The summed E-state index contributed by atoms with van der Waals surface area (Å²) < 4.78 is 0. The standard InChI is InChI=1S/C16H25NO2S/c1-13-5-8-16(9-6-13,15(18)19)12-17(2)10-7-14-4-3-11-20-14/h3-4,11,13H,5-10,12H2,1-2H3,(H,18,19). The van der Waals surface area contributed by atoms with Crippen molar-refractivity contribution in [3.8, 4) is 0 Å². The number of thiophene rings is 1. The summed E-state index contributed by atoms with van der Waals surface area (Å²) in [4.78, 5) is 15.3. The molecule has 3 nitrogen and oxygen atoms in total. The molecule has 1 aliphatic rings. The van der Waals surface area contributed by atoms with E-state index in [4.69, 9.17) is 0 Å². The highest BCUT2D eigenvalue weighted by molar-refractivity contribution is 7.09. The van der Waals surface area contributed by atoms with Gasteiger partial charge in [0.1, 0.15) is 0 Å². The molecular weight excluding hydrogens is 270 g/mol. The number of aliphatic carboxylic acids is 1. The van der Waals surface area contributed by atoms with Gasteiger partial charge in [0.15, 0.2) is 0 Å². The summed E-state index contributed by atoms with van der Waals surface area (Å²) in [6.45, 7) is 3.85. The number of hydrogen-bond donors (Lipinski definition) is 1. The van der Waals surface area contributed by atoms with Crippen LogP contribution in [0.3, 0.4) is 0 Å². The maximum atomic E-state index is 11.7. The molecule has 1 aliphatic carbocycles. The Hall–Kier alpha value is -0.870. The molecule has 0 atom stereocenters. The number of nitrogens with zero attached hydrogens (tertiary/aromatic N) is 1. The van der Waals surface area contributed by atoms with Gasteiger partial charge in [-0.15, -0.1) is 11.3 Å². The predicted molar refractivity (Wildman–Crippen MR) is 83.2 cm³/mol. The van der Waals surface area contributed by atoms with E-state index in [1.165, 1.54) is 4.88 Å². The lowest BCUT2D eigenvalue weighted by molar-refractivity contribution is -0.152. The minimum atomic E-state index is -0.604. The second-order valence-corrected chi connectivity index (χ2v) is 7.37. The topological polar surface area (TPSA) is 40.5 Å². The number of carboxylic acids is 1. The number of hydrogen-bond acceptors (Lipinski definition) is 3. The van der Waals surface area contributed by atoms with Gasteiger partial charge in [0.05, 0.1) is 5.41 Å². The molecule has 0 aromatic carbocycles. The van der Waals surface area contributed by atoms with E-state index in [2.05, 4.69) is 36.4 Å². The molecule has 0 unspecified atom stereocenters. The highest BCUT2D eigenvalue weighted by atomic mass is 32.1. The van der Waals surface area contributed by atoms with Crippen LogP contribution in [0.5, 0.6) is 0 Å². The van der Waals surface area contributed by atoms with Crippen LogP contribution >= 0.6 is 11.3 Å². The summed E-state index contributed by atoms with van der Waals surface area (Å²) in [6.07, 6.45) is 4.76. The van der Waals surface area contributed by atoms with Crippen LogP contribution < -0.4 is 0 Å². The third-order valence-corrected chi connectivity index (χ3v) is 5.51. The van der Waals surface area contributed by atoms with Crippen LogP contribution in [0.15, 0.2) is 17.5 Å². The lowest BCUT2D eigenvalue weighted by atomic mass is 9.70. The molecule has 0 amide bonds. The van der Waals surface area contributed by atoms with Crippen molar-refractivity contribution in [2.45, 2.75) is 39.0 Å². The highest BCUT2D eigenvalue weighted by Crippen LogP contribution is 2.39. The van der Waals surface area contributed by atoms with Crippen LogP contribution in [0.1, 0.15) is 37.5 Å². The minimum absolute atomic E-state index is 0.517. The number of carboxylic acid groups (broad SMARTS) is 1. The molecule has 1 aromatic heterocycles. The van der Waals surface area contributed by atoms with Crippen molar-refractivity contribution in [3.63, 3.8) is 0 Å². The van der Waals surface area contributed by atoms with Gasteiger partial charge in [-0.1, -0.05) is 13.0 Å². The Morgan fingerprint density at radius 3 is 2.75 bits per heavy atom. The molecule has 1 saturated carbocycles. The van der Waals surface area contributed by atoms with Gasteiger partial charge in [-0.2, -0.15) is 0 Å². The van der Waals surface area contributed by atoms with Crippen LogP contribution in [0, 0.1) is 11.3 Å². The molecule has 0 spiro atoms. The molecule has 1 N–H and O–H groups in total. The average molecular weight is 295 g/mol. The molecule has 20 heavy (non-hydrogen) atoms. The van der Waals surface area contributed by atoms with E-state index in [0.717, 1.165) is 38.6 Å². The van der Waals surface area contributed by atoms with Gasteiger partial charge in [-0.05, 0) is 56.5 Å². The van der Waals surface area contributed by atoms with E-state index in [1.807, 2.05) is 0 Å². The fraction of sp³-hybridized carbons (Fsp3) is 0.688. The smallest absolute Gasteiger partial charge is 0.310 e. The fourth-order valence-corrected chi connectivity index (χ4v) is 3.80. The first-order valence-electron chi connectivity index (χ1n) is 7.46. The lowest BCUT2D eigenvalue weighted by Crippen LogP contribution is -2.44. The summed E-state index contributed by atoms with van der Waals surface area (Å²) in [5, 5.41) is 11.7. The quantitative estimate of drug-likeness (QED) is 0.873. The summed E-state index contributed by atoms with van der Waals surface area (Å²) in [6, 6.07) is 4.22. The normalized spacial score (nSPS) is 26.9. The molecule has 0 aliphatic heterocycles. The van der Waals surface area contributed by atoms with E-state index < -0.39 is 11.4 Å². The SMILES string of the molecule is CC1CCC(CN(C)CCc2cccs2)(C(=O)O)CC1. The van der Waals surface area contributed by atoms with Gasteiger partial charge >= 0.3 is 5.97 Å². The molecule has 1 heterocycles. The van der Waals surface area contributed by atoms with Gasteiger partial charge < -0.3 is 10.0 Å². The van der Waals surface area contributed by atoms with E-state index in [-0.39, 0.29) is 0 Å². The van der Waals surface area contributed by atoms with Crippen molar-refractivity contribution in [1.29, 1.82) is 0 Å². The predicted octanol–water partition coefficient (Wildman–Crippen LogP) is 3.50. The zero-order chi connectivity index (χ0) is 14.6. The Morgan fingerprint density at radius 1 is 1.50 bits per heavy atom. The summed E-state index contributed by atoms with van der Waals surface area (Å²) >= 11 is 1.77. The van der Waals surface area contributed by atoms with Gasteiger partial charge in [0.25, 0.3) is 0 Å². The van der Waals surface area contributed by atoms with Crippen LogP contribution in [-0.2, 0) is 11.2 Å². The van der Waals surface area contributed by atoms with Crippen LogP contribution in [0.25, 0.3) is 0 Å². The first-order chi connectivity index (χ1) is 9.52. The molecule has 2 rings (SSSR count). The fourth-order valence-electron chi connectivity index (χ4n) is 3.11. The first-order valence-corrected chi connectivity index (χ1v) is 8.34. The zero-order valence-corrected chi connectivity index (χ0v) is 13.3. The molecule has 1 aromatic rings. The third-order valence-electron chi connectivity index (χ3n) is 4.58. The first kappa shape index (κ1) is 15.5. The van der Waals surface area contributed by atoms with Gasteiger partial charge in [-0.3, -0.25) is 4.79 Å². The van der Waals surface area contributed by atoms with E-state index in [1.54, 1.807) is 11.3 Å². The summed E-state index contributed by atoms with van der Waals surface area (Å²) in [7, 11) is 2.05. The Morgan fingerprint density at radius 2 is 2.20 bits per heavy atom. The van der Waals surface area contributed by atoms with E-state index in [0.29, 0.717) is 12.5 Å². The largest absolute Gasteiger partial charge is 0.481 e. The molecule has 4 heteroatoms.